The van der Waals surface area contributed by atoms with Gasteiger partial charge in [0.1, 0.15) is 5.75 Å². The monoisotopic (exact) mass is 339 g/mol. The van der Waals surface area contributed by atoms with Crippen molar-refractivity contribution in [3.8, 4) is 5.75 Å². The van der Waals surface area contributed by atoms with E-state index in [9.17, 15) is 0 Å². The standard InChI is InChI=1S/C15H15BrClNO/c1-2-19-15-8-7-11(9-12(15)16)10-18-14-6-4-3-5-13(14)17/h3-9,18H,2,10H2,1H3. The van der Waals surface area contributed by atoms with E-state index in [1.807, 2.05) is 43.3 Å². The van der Waals surface area contributed by atoms with Crippen molar-refractivity contribution in [2.75, 3.05) is 11.9 Å². The van der Waals surface area contributed by atoms with Gasteiger partial charge < -0.3 is 10.1 Å². The summed E-state index contributed by atoms with van der Waals surface area (Å²) in [7, 11) is 0. The quantitative estimate of drug-likeness (QED) is 0.816. The van der Waals surface area contributed by atoms with Gasteiger partial charge in [-0.3, -0.25) is 0 Å². The molecule has 0 aliphatic heterocycles. The molecule has 0 saturated carbocycles. The van der Waals surface area contributed by atoms with Crippen LogP contribution in [0.4, 0.5) is 5.69 Å². The first-order chi connectivity index (χ1) is 9.20. The molecule has 0 heterocycles. The molecule has 100 valence electrons. The lowest BCUT2D eigenvalue weighted by Gasteiger charge is -2.10. The van der Waals surface area contributed by atoms with Gasteiger partial charge in [-0.2, -0.15) is 0 Å². The molecule has 0 radical (unpaired) electrons. The summed E-state index contributed by atoms with van der Waals surface area (Å²) in [6, 6.07) is 13.8. The van der Waals surface area contributed by atoms with Gasteiger partial charge in [-0.25, -0.2) is 0 Å². The summed E-state index contributed by atoms with van der Waals surface area (Å²) in [5.74, 6) is 0.865. The van der Waals surface area contributed by atoms with Gasteiger partial charge in [-0.1, -0.05) is 29.8 Å². The maximum atomic E-state index is 6.10. The number of benzene rings is 2. The predicted molar refractivity (Wildman–Crippen MR) is 84.1 cm³/mol. The Balaban J connectivity index is 2.04. The van der Waals surface area contributed by atoms with Crippen LogP contribution in [0.25, 0.3) is 0 Å². The van der Waals surface area contributed by atoms with Crippen molar-refractivity contribution in [2.45, 2.75) is 13.5 Å². The van der Waals surface area contributed by atoms with E-state index in [-0.39, 0.29) is 0 Å². The summed E-state index contributed by atoms with van der Waals surface area (Å²) in [6.45, 7) is 3.35. The van der Waals surface area contributed by atoms with Crippen LogP contribution in [-0.4, -0.2) is 6.61 Å². The van der Waals surface area contributed by atoms with Gasteiger partial charge in [0.15, 0.2) is 0 Å². The van der Waals surface area contributed by atoms with Gasteiger partial charge in [-0.05, 0) is 52.7 Å². The van der Waals surface area contributed by atoms with E-state index in [4.69, 9.17) is 16.3 Å². The largest absolute Gasteiger partial charge is 0.493 e. The molecule has 0 atom stereocenters. The minimum Gasteiger partial charge on any atom is -0.493 e. The van der Waals surface area contributed by atoms with Gasteiger partial charge in [-0.15, -0.1) is 0 Å². The first-order valence-corrected chi connectivity index (χ1v) is 7.27. The van der Waals surface area contributed by atoms with Crippen LogP contribution in [-0.2, 0) is 6.54 Å². The Bertz CT molecular complexity index is 560. The number of rotatable bonds is 5. The summed E-state index contributed by atoms with van der Waals surface area (Å²) in [4.78, 5) is 0. The molecule has 2 aromatic carbocycles. The van der Waals surface area contributed by atoms with Crippen molar-refractivity contribution in [3.05, 3.63) is 57.5 Å². The van der Waals surface area contributed by atoms with Crippen LogP contribution in [0.5, 0.6) is 5.75 Å². The number of ether oxygens (including phenoxy) is 1. The van der Waals surface area contributed by atoms with E-state index in [1.54, 1.807) is 0 Å². The fourth-order valence-corrected chi connectivity index (χ4v) is 2.47. The number of nitrogens with one attached hydrogen (secondary N) is 1. The molecule has 0 amide bonds. The van der Waals surface area contributed by atoms with Crippen LogP contribution in [0, 0.1) is 0 Å². The third-order valence-corrected chi connectivity index (χ3v) is 3.60. The molecule has 0 unspecified atom stereocenters. The van der Waals surface area contributed by atoms with E-state index in [2.05, 4.69) is 27.3 Å². The molecule has 0 fully saturated rings. The van der Waals surface area contributed by atoms with E-state index in [0.717, 1.165) is 33.0 Å². The summed E-state index contributed by atoms with van der Waals surface area (Å²) >= 11 is 9.61. The molecule has 0 aliphatic carbocycles. The van der Waals surface area contributed by atoms with Crippen LogP contribution in [0.1, 0.15) is 12.5 Å². The zero-order valence-electron chi connectivity index (χ0n) is 10.6. The molecular weight excluding hydrogens is 326 g/mol. The lowest BCUT2D eigenvalue weighted by atomic mass is 10.2. The molecule has 0 aromatic heterocycles. The molecule has 2 rings (SSSR count). The smallest absolute Gasteiger partial charge is 0.133 e. The molecule has 4 heteroatoms. The van der Waals surface area contributed by atoms with Crippen molar-refractivity contribution in [2.24, 2.45) is 0 Å². The highest BCUT2D eigenvalue weighted by Crippen LogP contribution is 2.27. The number of para-hydroxylation sites is 1. The van der Waals surface area contributed by atoms with Crippen LogP contribution in [0.15, 0.2) is 46.9 Å². The van der Waals surface area contributed by atoms with Crippen LogP contribution in [0.3, 0.4) is 0 Å². The number of hydrogen-bond acceptors (Lipinski definition) is 2. The maximum absolute atomic E-state index is 6.10. The highest BCUT2D eigenvalue weighted by molar-refractivity contribution is 9.10. The molecule has 0 spiro atoms. The Labute approximate surface area is 126 Å². The van der Waals surface area contributed by atoms with E-state index in [0.29, 0.717) is 6.61 Å². The van der Waals surface area contributed by atoms with Crippen molar-refractivity contribution in [1.29, 1.82) is 0 Å². The third kappa shape index (κ3) is 3.88. The van der Waals surface area contributed by atoms with Crippen LogP contribution in [0.2, 0.25) is 5.02 Å². The number of halogens is 2. The summed E-state index contributed by atoms with van der Waals surface area (Å²) in [5, 5.41) is 4.04. The molecule has 2 aromatic rings. The van der Waals surface area contributed by atoms with Crippen LogP contribution >= 0.6 is 27.5 Å². The molecule has 1 N–H and O–H groups in total. The van der Waals surface area contributed by atoms with Crippen molar-refractivity contribution in [1.82, 2.24) is 0 Å². The summed E-state index contributed by atoms with van der Waals surface area (Å²) in [6.07, 6.45) is 0. The SMILES string of the molecule is CCOc1ccc(CNc2ccccc2Cl)cc1Br. The second-order valence-corrected chi connectivity index (χ2v) is 5.29. The second-order valence-electron chi connectivity index (χ2n) is 4.03. The Kier molecular flexibility index (Phi) is 5.11. The minimum absolute atomic E-state index is 0.663. The lowest BCUT2D eigenvalue weighted by molar-refractivity contribution is 0.338. The Morgan fingerprint density at radius 2 is 2.00 bits per heavy atom. The van der Waals surface area contributed by atoms with E-state index >= 15 is 0 Å². The minimum atomic E-state index is 0.663. The zero-order chi connectivity index (χ0) is 13.7. The first kappa shape index (κ1) is 14.2. The highest BCUT2D eigenvalue weighted by atomic mass is 79.9. The van der Waals surface area contributed by atoms with Gasteiger partial charge in [0, 0.05) is 6.54 Å². The van der Waals surface area contributed by atoms with Crippen LogP contribution < -0.4 is 10.1 Å². The summed E-state index contributed by atoms with van der Waals surface area (Å²) < 4.78 is 6.45. The first-order valence-electron chi connectivity index (χ1n) is 6.10. The van der Waals surface area contributed by atoms with Crippen molar-refractivity contribution >= 4 is 33.2 Å². The molecule has 0 saturated heterocycles. The van der Waals surface area contributed by atoms with Crippen molar-refractivity contribution in [3.63, 3.8) is 0 Å². The lowest BCUT2D eigenvalue weighted by Crippen LogP contribution is -2.00. The number of anilines is 1. The second kappa shape index (κ2) is 6.83. The molecule has 0 aliphatic rings. The predicted octanol–water partition coefficient (Wildman–Crippen LogP) is 5.11. The highest BCUT2D eigenvalue weighted by Gasteiger charge is 2.03. The zero-order valence-corrected chi connectivity index (χ0v) is 13.0. The van der Waals surface area contributed by atoms with E-state index in [1.165, 1.54) is 0 Å². The van der Waals surface area contributed by atoms with Gasteiger partial charge >= 0.3 is 0 Å². The van der Waals surface area contributed by atoms with Gasteiger partial charge in [0.05, 0.1) is 21.8 Å². The Morgan fingerprint density at radius 1 is 1.21 bits per heavy atom. The average molecular weight is 341 g/mol. The molecular formula is C15H15BrClNO. The fraction of sp³-hybridized carbons (Fsp3) is 0.200. The Hall–Kier alpha value is -1.19. The van der Waals surface area contributed by atoms with Crippen molar-refractivity contribution < 1.29 is 4.74 Å². The average Bonchev–Trinajstić information content (AvgIpc) is 2.41. The van der Waals surface area contributed by atoms with Gasteiger partial charge in [0.25, 0.3) is 0 Å². The van der Waals surface area contributed by atoms with Gasteiger partial charge in [0.2, 0.25) is 0 Å². The molecule has 0 bridgehead atoms. The normalized spacial score (nSPS) is 10.3. The molecule has 2 nitrogen and oxygen atoms in total. The Morgan fingerprint density at radius 3 is 2.68 bits per heavy atom. The molecule has 19 heavy (non-hydrogen) atoms. The maximum Gasteiger partial charge on any atom is 0.133 e. The number of hydrogen-bond donors (Lipinski definition) is 1. The topological polar surface area (TPSA) is 21.3 Å². The fourth-order valence-electron chi connectivity index (χ4n) is 1.73. The van der Waals surface area contributed by atoms with E-state index < -0.39 is 0 Å². The summed E-state index contributed by atoms with van der Waals surface area (Å²) in [5.41, 5.74) is 2.10. The third-order valence-electron chi connectivity index (χ3n) is 2.65.